The lowest BCUT2D eigenvalue weighted by Gasteiger charge is -2.20. The third kappa shape index (κ3) is 4.85. The van der Waals surface area contributed by atoms with E-state index < -0.39 is 0 Å². The fourth-order valence-electron chi connectivity index (χ4n) is 3.70. The summed E-state index contributed by atoms with van der Waals surface area (Å²) in [6, 6.07) is 26.2. The molecule has 0 saturated heterocycles. The number of nitrogens with zero attached hydrogens (tertiary/aromatic N) is 3. The highest BCUT2D eigenvalue weighted by molar-refractivity contribution is 7.22. The van der Waals surface area contributed by atoms with Crippen LogP contribution in [0.5, 0.6) is 17.2 Å². The molecule has 0 saturated carbocycles. The van der Waals surface area contributed by atoms with E-state index in [1.54, 1.807) is 42.5 Å². The van der Waals surface area contributed by atoms with Crippen molar-refractivity contribution in [3.63, 3.8) is 0 Å². The largest absolute Gasteiger partial charge is 0.494 e. The van der Waals surface area contributed by atoms with Crippen LogP contribution in [-0.4, -0.2) is 23.0 Å². The Morgan fingerprint density at radius 2 is 1.66 bits per heavy atom. The van der Waals surface area contributed by atoms with Crippen LogP contribution in [-0.2, 0) is 6.54 Å². The van der Waals surface area contributed by atoms with Gasteiger partial charge in [0, 0.05) is 11.8 Å². The molecule has 7 heteroatoms. The van der Waals surface area contributed by atoms with Crippen LogP contribution in [0.1, 0.15) is 21.6 Å². The van der Waals surface area contributed by atoms with E-state index in [9.17, 15) is 4.79 Å². The Morgan fingerprint density at radius 3 is 2.37 bits per heavy atom. The predicted molar refractivity (Wildman–Crippen MR) is 139 cm³/mol. The molecule has 0 atom stereocenters. The number of anilines is 1. The Morgan fingerprint density at radius 1 is 0.914 bits per heavy atom. The molecule has 35 heavy (non-hydrogen) atoms. The lowest BCUT2D eigenvalue weighted by molar-refractivity contribution is 0.0985. The van der Waals surface area contributed by atoms with E-state index in [0.717, 1.165) is 27.2 Å². The van der Waals surface area contributed by atoms with E-state index >= 15 is 0 Å². The molecule has 0 radical (unpaired) electrons. The van der Waals surface area contributed by atoms with Gasteiger partial charge in [0.2, 0.25) is 0 Å². The van der Waals surface area contributed by atoms with Crippen LogP contribution >= 0.6 is 11.3 Å². The summed E-state index contributed by atoms with van der Waals surface area (Å²) in [5, 5.41) is 0.591. The third-order valence-corrected chi connectivity index (χ3v) is 6.73. The zero-order valence-electron chi connectivity index (χ0n) is 19.3. The quantitative estimate of drug-likeness (QED) is 0.260. The number of para-hydroxylation sites is 1. The van der Waals surface area contributed by atoms with Crippen molar-refractivity contribution in [2.24, 2.45) is 0 Å². The molecule has 2 heterocycles. The number of aromatic nitrogens is 2. The van der Waals surface area contributed by atoms with Gasteiger partial charge in [-0.2, -0.15) is 0 Å². The molecule has 6 nitrogen and oxygen atoms in total. The topological polar surface area (TPSA) is 64.5 Å². The van der Waals surface area contributed by atoms with Gasteiger partial charge in [0.05, 0.1) is 24.0 Å². The van der Waals surface area contributed by atoms with Gasteiger partial charge < -0.3 is 9.47 Å². The second kappa shape index (κ2) is 9.95. The summed E-state index contributed by atoms with van der Waals surface area (Å²) in [4.78, 5) is 24.6. The number of thiazole rings is 1. The SMILES string of the molecule is COc1ccc(C)c2sc(N(Cc3ccccn3)C(=O)c3ccc(Oc4ccccc4)cc3)nc12. The summed E-state index contributed by atoms with van der Waals surface area (Å²) < 4.78 is 12.4. The fourth-order valence-corrected chi connectivity index (χ4v) is 4.75. The van der Waals surface area contributed by atoms with Crippen molar-refractivity contribution in [1.29, 1.82) is 0 Å². The third-order valence-electron chi connectivity index (χ3n) is 5.51. The number of fused-ring (bicyclic) bond motifs is 1. The highest BCUT2D eigenvalue weighted by atomic mass is 32.1. The molecule has 3 aromatic carbocycles. The molecule has 0 N–H and O–H groups in total. The fraction of sp³-hybridized carbons (Fsp3) is 0.107. The Hall–Kier alpha value is -4.23. The van der Waals surface area contributed by atoms with Crippen molar-refractivity contribution in [2.45, 2.75) is 13.5 Å². The van der Waals surface area contributed by atoms with Gasteiger partial charge in [-0.15, -0.1) is 0 Å². The van der Waals surface area contributed by atoms with E-state index in [-0.39, 0.29) is 5.91 Å². The van der Waals surface area contributed by atoms with E-state index in [1.165, 1.54) is 11.3 Å². The molecular formula is C28H23N3O3S. The molecule has 0 aliphatic rings. The van der Waals surface area contributed by atoms with Crippen molar-refractivity contribution in [3.8, 4) is 17.2 Å². The van der Waals surface area contributed by atoms with Gasteiger partial charge in [0.25, 0.3) is 5.91 Å². The number of rotatable bonds is 7. The van der Waals surface area contributed by atoms with E-state index in [0.29, 0.717) is 28.7 Å². The normalized spacial score (nSPS) is 10.8. The van der Waals surface area contributed by atoms with Crippen molar-refractivity contribution in [2.75, 3.05) is 12.0 Å². The molecule has 5 aromatic rings. The van der Waals surface area contributed by atoms with Crippen molar-refractivity contribution < 1.29 is 14.3 Å². The summed E-state index contributed by atoms with van der Waals surface area (Å²) >= 11 is 1.47. The number of hydrogen-bond acceptors (Lipinski definition) is 6. The van der Waals surface area contributed by atoms with Crippen LogP contribution in [0, 0.1) is 6.92 Å². The number of aryl methyl sites for hydroxylation is 1. The molecule has 2 aromatic heterocycles. The number of methoxy groups -OCH3 is 1. The maximum absolute atomic E-state index is 13.7. The first kappa shape index (κ1) is 22.6. The minimum atomic E-state index is -0.169. The molecule has 5 rings (SSSR count). The van der Waals surface area contributed by atoms with Crippen molar-refractivity contribution in [1.82, 2.24) is 9.97 Å². The maximum Gasteiger partial charge on any atom is 0.260 e. The van der Waals surface area contributed by atoms with Gasteiger partial charge in [0.1, 0.15) is 22.8 Å². The Bertz CT molecular complexity index is 1450. The van der Waals surface area contributed by atoms with E-state index in [4.69, 9.17) is 14.5 Å². The monoisotopic (exact) mass is 481 g/mol. The zero-order chi connectivity index (χ0) is 24.2. The highest BCUT2D eigenvalue weighted by Crippen LogP contribution is 2.37. The summed E-state index contributed by atoms with van der Waals surface area (Å²) in [6.07, 6.45) is 1.72. The first-order valence-electron chi connectivity index (χ1n) is 11.1. The van der Waals surface area contributed by atoms with Crippen LogP contribution in [0.2, 0.25) is 0 Å². The zero-order valence-corrected chi connectivity index (χ0v) is 20.2. The Labute approximate surface area is 207 Å². The molecule has 0 spiro atoms. The van der Waals surface area contributed by atoms with E-state index in [1.807, 2.05) is 67.6 Å². The van der Waals surface area contributed by atoms with Crippen LogP contribution in [0.15, 0.2) is 91.1 Å². The molecule has 174 valence electrons. The van der Waals surface area contributed by atoms with Gasteiger partial charge in [-0.1, -0.05) is 41.7 Å². The average Bonchev–Trinajstić information content (AvgIpc) is 3.35. The van der Waals surface area contributed by atoms with E-state index in [2.05, 4.69) is 4.98 Å². The lowest BCUT2D eigenvalue weighted by Crippen LogP contribution is -2.30. The molecule has 1 amide bonds. The van der Waals surface area contributed by atoms with Crippen molar-refractivity contribution in [3.05, 3.63) is 108 Å². The smallest absolute Gasteiger partial charge is 0.260 e. The molecule has 0 unspecified atom stereocenters. The summed E-state index contributed by atoms with van der Waals surface area (Å²) in [6.45, 7) is 2.32. The molecule has 0 aliphatic heterocycles. The Kier molecular flexibility index (Phi) is 6.41. The molecular weight excluding hydrogens is 458 g/mol. The lowest BCUT2D eigenvalue weighted by atomic mass is 10.2. The second-order valence-electron chi connectivity index (χ2n) is 7.91. The minimum Gasteiger partial charge on any atom is -0.494 e. The van der Waals surface area contributed by atoms with Gasteiger partial charge >= 0.3 is 0 Å². The summed E-state index contributed by atoms with van der Waals surface area (Å²) in [5.41, 5.74) is 3.13. The average molecular weight is 482 g/mol. The molecule has 0 aliphatic carbocycles. The van der Waals surface area contributed by atoms with Crippen LogP contribution in [0.25, 0.3) is 10.2 Å². The maximum atomic E-state index is 13.7. The van der Waals surface area contributed by atoms with Gasteiger partial charge in [-0.25, -0.2) is 4.98 Å². The number of ether oxygens (including phenoxy) is 2. The number of carbonyl (C=O) groups is 1. The second-order valence-corrected chi connectivity index (χ2v) is 8.89. The first-order valence-corrected chi connectivity index (χ1v) is 11.9. The molecule has 0 bridgehead atoms. The van der Waals surface area contributed by atoms with Crippen LogP contribution in [0.3, 0.4) is 0 Å². The predicted octanol–water partition coefficient (Wildman–Crippen LogP) is 6.65. The van der Waals surface area contributed by atoms with Gasteiger partial charge in [-0.3, -0.25) is 14.7 Å². The molecule has 0 fully saturated rings. The van der Waals surface area contributed by atoms with Crippen LogP contribution in [0.4, 0.5) is 5.13 Å². The number of hydrogen-bond donors (Lipinski definition) is 0. The van der Waals surface area contributed by atoms with Crippen molar-refractivity contribution >= 4 is 32.6 Å². The minimum absolute atomic E-state index is 0.169. The first-order chi connectivity index (χ1) is 17.1. The van der Waals surface area contributed by atoms with Gasteiger partial charge in [-0.05, 0) is 67.1 Å². The summed E-state index contributed by atoms with van der Waals surface area (Å²) in [7, 11) is 1.62. The standard InChI is InChI=1S/C28H23N3O3S/c1-19-11-16-24(33-2)25-26(19)35-28(30-25)31(18-21-8-6-7-17-29-21)27(32)20-12-14-23(15-13-20)34-22-9-4-3-5-10-22/h3-17H,18H2,1-2H3. The number of benzene rings is 3. The summed E-state index contributed by atoms with van der Waals surface area (Å²) in [5.74, 6) is 1.91. The number of pyridine rings is 1. The Balaban J connectivity index is 1.49. The number of amides is 1. The highest BCUT2D eigenvalue weighted by Gasteiger charge is 2.24. The van der Waals surface area contributed by atoms with Gasteiger partial charge in [0.15, 0.2) is 5.13 Å². The number of carbonyl (C=O) groups excluding carboxylic acids is 1. The van der Waals surface area contributed by atoms with Crippen LogP contribution < -0.4 is 14.4 Å².